The number of hydrogen-bond donors (Lipinski definition) is 2. The molecule has 2 N–H and O–H groups in total. The summed E-state index contributed by atoms with van der Waals surface area (Å²) in [4.78, 5) is 18.8. The molecule has 1 amide bonds. The smallest absolute Gasteiger partial charge is 0.262 e. The van der Waals surface area contributed by atoms with Gasteiger partial charge in [-0.3, -0.25) is 9.52 Å². The molecule has 4 rings (SSSR count). The van der Waals surface area contributed by atoms with Gasteiger partial charge in [0.15, 0.2) is 0 Å². The zero-order chi connectivity index (χ0) is 22.7. The average molecular weight is 470 g/mol. The maximum atomic E-state index is 12.7. The first-order valence-corrected chi connectivity index (χ1v) is 13.1. The van der Waals surface area contributed by atoms with Crippen molar-refractivity contribution >= 4 is 33.0 Å². The van der Waals surface area contributed by atoms with Crippen molar-refractivity contribution < 1.29 is 13.2 Å². The Balaban J connectivity index is 1.34. The third kappa shape index (κ3) is 5.19. The van der Waals surface area contributed by atoms with E-state index in [4.69, 9.17) is 4.98 Å². The van der Waals surface area contributed by atoms with Crippen molar-refractivity contribution in [3.8, 4) is 0 Å². The Kier molecular flexibility index (Phi) is 6.62. The quantitative estimate of drug-likeness (QED) is 0.536. The van der Waals surface area contributed by atoms with Crippen molar-refractivity contribution in [2.24, 2.45) is 0 Å². The summed E-state index contributed by atoms with van der Waals surface area (Å²) in [6.45, 7) is 4.14. The lowest BCUT2D eigenvalue weighted by atomic mass is 10.0. The minimum Gasteiger partial charge on any atom is -0.352 e. The first-order valence-electron chi connectivity index (χ1n) is 10.8. The summed E-state index contributed by atoms with van der Waals surface area (Å²) in [6.07, 6.45) is 5.36. The van der Waals surface area contributed by atoms with E-state index in [1.165, 1.54) is 23.4 Å². The van der Waals surface area contributed by atoms with Crippen LogP contribution in [-0.2, 0) is 29.3 Å². The molecule has 168 valence electrons. The molecule has 0 saturated carbocycles. The molecule has 1 heterocycles. The molecule has 1 aromatic heterocycles. The molecule has 3 aromatic rings. The number of rotatable bonds is 7. The predicted octanol–water partition coefficient (Wildman–Crippen LogP) is 4.41. The van der Waals surface area contributed by atoms with Gasteiger partial charge in [-0.1, -0.05) is 12.1 Å². The second-order valence-corrected chi connectivity index (χ2v) is 11.0. The van der Waals surface area contributed by atoms with Crippen LogP contribution in [0.15, 0.2) is 47.4 Å². The van der Waals surface area contributed by atoms with Crippen LogP contribution < -0.4 is 10.0 Å². The predicted molar refractivity (Wildman–Crippen MR) is 128 cm³/mol. The van der Waals surface area contributed by atoms with Gasteiger partial charge in [0.2, 0.25) is 0 Å². The number of nitrogens with zero attached hydrogens (tertiary/aromatic N) is 1. The molecule has 0 aliphatic heterocycles. The summed E-state index contributed by atoms with van der Waals surface area (Å²) >= 11 is 1.76. The van der Waals surface area contributed by atoms with Crippen LogP contribution in [-0.4, -0.2) is 25.9 Å². The number of carbonyl (C=O) groups excluding carboxylic acids is 1. The second kappa shape index (κ2) is 9.42. The molecule has 0 unspecified atom stereocenters. The molecule has 1 aliphatic rings. The largest absolute Gasteiger partial charge is 0.352 e. The van der Waals surface area contributed by atoms with Gasteiger partial charge in [0.1, 0.15) is 0 Å². The van der Waals surface area contributed by atoms with Crippen molar-refractivity contribution in [1.82, 2.24) is 10.3 Å². The van der Waals surface area contributed by atoms with E-state index < -0.39 is 10.0 Å². The molecule has 6 nitrogen and oxygen atoms in total. The highest BCUT2D eigenvalue weighted by Crippen LogP contribution is 2.26. The van der Waals surface area contributed by atoms with Crippen LogP contribution in [0.5, 0.6) is 0 Å². The summed E-state index contributed by atoms with van der Waals surface area (Å²) in [5.41, 5.74) is 3.69. The standard InChI is InChI=1S/C24H27N3O3S2/c1-16-7-8-17(2)22(15-16)32(29,30)27-19-11-9-18(10-12-19)24(28)25-14-13-23-26-20-5-3-4-6-21(20)31-23/h7-12,15,27H,3-6,13-14H2,1-2H3,(H,25,28). The van der Waals surface area contributed by atoms with Crippen LogP contribution in [0.3, 0.4) is 0 Å². The Bertz CT molecular complexity index is 1210. The van der Waals surface area contributed by atoms with Crippen LogP contribution >= 0.6 is 11.3 Å². The van der Waals surface area contributed by atoms with E-state index in [2.05, 4.69) is 10.0 Å². The minimum atomic E-state index is -3.70. The highest BCUT2D eigenvalue weighted by Gasteiger charge is 2.18. The van der Waals surface area contributed by atoms with Crippen molar-refractivity contribution in [3.05, 3.63) is 74.7 Å². The monoisotopic (exact) mass is 469 g/mol. The molecule has 0 radical (unpaired) electrons. The average Bonchev–Trinajstić information content (AvgIpc) is 3.18. The number of hydrogen-bond acceptors (Lipinski definition) is 5. The Labute approximate surface area is 193 Å². The number of aryl methyl sites for hydroxylation is 4. The van der Waals surface area contributed by atoms with Gasteiger partial charge < -0.3 is 5.32 Å². The van der Waals surface area contributed by atoms with Gasteiger partial charge in [-0.15, -0.1) is 11.3 Å². The van der Waals surface area contributed by atoms with E-state index in [-0.39, 0.29) is 10.8 Å². The van der Waals surface area contributed by atoms with Gasteiger partial charge in [-0.05, 0) is 81.0 Å². The maximum Gasteiger partial charge on any atom is 0.262 e. The molecule has 0 bridgehead atoms. The van der Waals surface area contributed by atoms with Gasteiger partial charge in [0.25, 0.3) is 15.9 Å². The van der Waals surface area contributed by atoms with E-state index in [9.17, 15) is 13.2 Å². The third-order valence-electron chi connectivity index (χ3n) is 5.55. The second-order valence-electron chi connectivity index (χ2n) is 8.14. The van der Waals surface area contributed by atoms with Gasteiger partial charge in [-0.25, -0.2) is 13.4 Å². The summed E-state index contributed by atoms with van der Waals surface area (Å²) in [5, 5.41) is 4.00. The van der Waals surface area contributed by atoms with Gasteiger partial charge in [-0.2, -0.15) is 0 Å². The van der Waals surface area contributed by atoms with E-state index in [1.54, 1.807) is 54.7 Å². The fourth-order valence-electron chi connectivity index (χ4n) is 3.79. The van der Waals surface area contributed by atoms with Gasteiger partial charge in [0, 0.05) is 29.1 Å². The zero-order valence-corrected chi connectivity index (χ0v) is 19.9. The molecule has 0 fully saturated rings. The molecular formula is C24H27N3O3S2. The fraction of sp³-hybridized carbons (Fsp3) is 0.333. The number of nitrogens with one attached hydrogen (secondary N) is 2. The first kappa shape index (κ1) is 22.5. The normalized spacial score (nSPS) is 13.4. The van der Waals surface area contributed by atoms with E-state index in [0.29, 0.717) is 23.4 Å². The number of benzene rings is 2. The third-order valence-corrected chi connectivity index (χ3v) is 8.29. The van der Waals surface area contributed by atoms with Crippen LogP contribution in [0.25, 0.3) is 0 Å². The fourth-order valence-corrected chi connectivity index (χ4v) is 6.34. The van der Waals surface area contributed by atoms with Crippen LogP contribution in [0.2, 0.25) is 0 Å². The van der Waals surface area contributed by atoms with Crippen molar-refractivity contribution in [2.75, 3.05) is 11.3 Å². The van der Waals surface area contributed by atoms with Crippen LogP contribution in [0, 0.1) is 13.8 Å². The van der Waals surface area contributed by atoms with E-state index in [0.717, 1.165) is 29.8 Å². The Morgan fingerprint density at radius 3 is 2.56 bits per heavy atom. The zero-order valence-electron chi connectivity index (χ0n) is 18.3. The molecule has 1 aliphatic carbocycles. The highest BCUT2D eigenvalue weighted by molar-refractivity contribution is 7.92. The van der Waals surface area contributed by atoms with E-state index >= 15 is 0 Å². The SMILES string of the molecule is Cc1ccc(C)c(S(=O)(=O)Nc2ccc(C(=O)NCCc3nc4c(s3)CCCC4)cc2)c1. The minimum absolute atomic E-state index is 0.185. The Hall–Kier alpha value is -2.71. The van der Waals surface area contributed by atoms with Crippen molar-refractivity contribution in [2.45, 2.75) is 50.8 Å². The number of thiazole rings is 1. The molecule has 2 aromatic carbocycles. The topological polar surface area (TPSA) is 88.2 Å². The number of anilines is 1. The molecular weight excluding hydrogens is 442 g/mol. The van der Waals surface area contributed by atoms with Crippen molar-refractivity contribution in [1.29, 1.82) is 0 Å². The van der Waals surface area contributed by atoms with Crippen LogP contribution in [0.4, 0.5) is 5.69 Å². The Morgan fingerprint density at radius 1 is 1.06 bits per heavy atom. The number of sulfonamides is 1. The van der Waals surface area contributed by atoms with E-state index in [1.807, 2.05) is 13.0 Å². The number of fused-ring (bicyclic) bond motifs is 1. The molecule has 0 saturated heterocycles. The lowest BCUT2D eigenvalue weighted by Crippen LogP contribution is -2.25. The number of aromatic nitrogens is 1. The highest BCUT2D eigenvalue weighted by atomic mass is 32.2. The van der Waals surface area contributed by atoms with Crippen LogP contribution in [0.1, 0.15) is 49.9 Å². The molecule has 8 heteroatoms. The summed E-state index contributed by atoms with van der Waals surface area (Å²) in [5.74, 6) is -0.185. The first-order chi connectivity index (χ1) is 15.3. The number of carbonyl (C=O) groups is 1. The summed E-state index contributed by atoms with van der Waals surface area (Å²) in [6, 6.07) is 11.8. The lowest BCUT2D eigenvalue weighted by Gasteiger charge is -2.11. The molecule has 32 heavy (non-hydrogen) atoms. The Morgan fingerprint density at radius 2 is 1.81 bits per heavy atom. The van der Waals surface area contributed by atoms with Crippen molar-refractivity contribution in [3.63, 3.8) is 0 Å². The maximum absolute atomic E-state index is 12.7. The van der Waals surface area contributed by atoms with Gasteiger partial charge in [0.05, 0.1) is 15.6 Å². The molecule has 0 spiro atoms. The lowest BCUT2D eigenvalue weighted by molar-refractivity contribution is 0.0954. The molecule has 0 atom stereocenters. The van der Waals surface area contributed by atoms with Gasteiger partial charge >= 0.3 is 0 Å². The summed E-state index contributed by atoms with van der Waals surface area (Å²) < 4.78 is 28.1. The summed E-state index contributed by atoms with van der Waals surface area (Å²) in [7, 11) is -3.70. The number of amides is 1.